The molecular formula is C16H14N2O2. The smallest absolute Gasteiger partial charge is 0.251 e. The van der Waals surface area contributed by atoms with E-state index in [2.05, 4.69) is 5.32 Å². The van der Waals surface area contributed by atoms with Gasteiger partial charge in [0.15, 0.2) is 0 Å². The molecule has 0 bridgehead atoms. The number of carbonyl (C=O) groups is 1. The molecule has 0 aliphatic rings. The average Bonchev–Trinajstić information content (AvgIpc) is 2.53. The second-order valence-electron chi connectivity index (χ2n) is 4.35. The monoisotopic (exact) mass is 266 g/mol. The van der Waals surface area contributed by atoms with E-state index in [-0.39, 0.29) is 12.5 Å². The van der Waals surface area contributed by atoms with E-state index >= 15 is 0 Å². The number of hydrogen-bond acceptors (Lipinski definition) is 3. The van der Waals surface area contributed by atoms with E-state index in [0.717, 1.165) is 11.1 Å². The maximum absolute atomic E-state index is 11.9. The van der Waals surface area contributed by atoms with Gasteiger partial charge in [-0.05, 0) is 35.4 Å². The molecule has 2 rings (SSSR count). The van der Waals surface area contributed by atoms with E-state index in [9.17, 15) is 4.79 Å². The fourth-order valence-electron chi connectivity index (χ4n) is 1.74. The minimum Gasteiger partial charge on any atom is -0.392 e. The molecule has 4 heteroatoms. The Morgan fingerprint density at radius 2 is 1.65 bits per heavy atom. The molecule has 0 fully saturated rings. The van der Waals surface area contributed by atoms with Crippen molar-refractivity contribution < 1.29 is 9.90 Å². The van der Waals surface area contributed by atoms with Gasteiger partial charge in [0.1, 0.15) is 0 Å². The summed E-state index contributed by atoms with van der Waals surface area (Å²) in [7, 11) is 0. The molecule has 2 aromatic carbocycles. The average molecular weight is 266 g/mol. The zero-order chi connectivity index (χ0) is 14.4. The van der Waals surface area contributed by atoms with Gasteiger partial charge < -0.3 is 10.4 Å². The van der Waals surface area contributed by atoms with Crippen molar-refractivity contribution in [3.05, 3.63) is 70.8 Å². The predicted octanol–water partition coefficient (Wildman–Crippen LogP) is 1.98. The number of nitrogens with one attached hydrogen (secondary N) is 1. The summed E-state index contributed by atoms with van der Waals surface area (Å²) in [6.45, 7) is 0.433. The van der Waals surface area contributed by atoms with Gasteiger partial charge in [0.25, 0.3) is 5.91 Å². The number of carbonyl (C=O) groups excluding carboxylic acids is 1. The first-order valence-corrected chi connectivity index (χ1v) is 6.20. The normalized spacial score (nSPS) is 9.80. The summed E-state index contributed by atoms with van der Waals surface area (Å²) in [4.78, 5) is 11.9. The second kappa shape index (κ2) is 6.50. The third-order valence-corrected chi connectivity index (χ3v) is 2.93. The Hall–Kier alpha value is -2.64. The Balaban J connectivity index is 1.95. The molecule has 0 heterocycles. The van der Waals surface area contributed by atoms with Crippen LogP contribution in [-0.2, 0) is 13.2 Å². The van der Waals surface area contributed by atoms with Crippen LogP contribution in [0.1, 0.15) is 27.0 Å². The van der Waals surface area contributed by atoms with Crippen molar-refractivity contribution in [1.29, 1.82) is 5.26 Å². The van der Waals surface area contributed by atoms with Crippen molar-refractivity contribution in [2.75, 3.05) is 0 Å². The largest absolute Gasteiger partial charge is 0.392 e. The molecule has 2 aromatic rings. The molecule has 0 saturated heterocycles. The van der Waals surface area contributed by atoms with Crippen LogP contribution < -0.4 is 5.32 Å². The number of nitrogens with zero attached hydrogens (tertiary/aromatic N) is 1. The first kappa shape index (κ1) is 13.8. The number of benzene rings is 2. The molecule has 20 heavy (non-hydrogen) atoms. The summed E-state index contributed by atoms with van der Waals surface area (Å²) in [5.74, 6) is -0.180. The van der Waals surface area contributed by atoms with Gasteiger partial charge in [-0.2, -0.15) is 5.26 Å². The number of aliphatic hydroxyl groups is 1. The van der Waals surface area contributed by atoms with E-state index in [4.69, 9.17) is 10.4 Å². The Morgan fingerprint density at radius 3 is 2.20 bits per heavy atom. The first-order chi connectivity index (χ1) is 9.72. The van der Waals surface area contributed by atoms with Crippen LogP contribution in [0.25, 0.3) is 0 Å². The molecule has 0 aliphatic carbocycles. The summed E-state index contributed by atoms with van der Waals surface area (Å²) < 4.78 is 0. The summed E-state index contributed by atoms with van der Waals surface area (Å²) >= 11 is 0. The van der Waals surface area contributed by atoms with Crippen LogP contribution in [0.15, 0.2) is 48.5 Å². The highest BCUT2D eigenvalue weighted by Gasteiger charge is 2.05. The highest BCUT2D eigenvalue weighted by molar-refractivity contribution is 5.94. The van der Waals surface area contributed by atoms with Crippen LogP contribution in [0.3, 0.4) is 0 Å². The van der Waals surface area contributed by atoms with Gasteiger partial charge in [-0.25, -0.2) is 0 Å². The van der Waals surface area contributed by atoms with Crippen molar-refractivity contribution in [1.82, 2.24) is 5.32 Å². The second-order valence-corrected chi connectivity index (χ2v) is 4.35. The van der Waals surface area contributed by atoms with Crippen LogP contribution in [0.2, 0.25) is 0 Å². The highest BCUT2D eigenvalue weighted by Crippen LogP contribution is 2.06. The number of aliphatic hydroxyl groups excluding tert-OH is 1. The Bertz CT molecular complexity index is 625. The first-order valence-electron chi connectivity index (χ1n) is 6.20. The third kappa shape index (κ3) is 3.44. The molecule has 4 nitrogen and oxygen atoms in total. The number of nitriles is 1. The molecule has 1 amide bonds. The Labute approximate surface area is 117 Å². The lowest BCUT2D eigenvalue weighted by Gasteiger charge is -2.06. The van der Waals surface area contributed by atoms with Crippen LogP contribution in [-0.4, -0.2) is 11.0 Å². The van der Waals surface area contributed by atoms with Gasteiger partial charge in [-0.1, -0.05) is 24.3 Å². The van der Waals surface area contributed by atoms with E-state index in [1.54, 1.807) is 24.3 Å². The molecule has 0 atom stereocenters. The minimum atomic E-state index is -0.180. The molecule has 0 unspecified atom stereocenters. The third-order valence-electron chi connectivity index (χ3n) is 2.93. The lowest BCUT2D eigenvalue weighted by atomic mass is 10.1. The topological polar surface area (TPSA) is 73.1 Å². The van der Waals surface area contributed by atoms with Gasteiger partial charge in [0.05, 0.1) is 18.2 Å². The number of rotatable bonds is 4. The van der Waals surface area contributed by atoms with Crippen LogP contribution in [0, 0.1) is 11.3 Å². The summed E-state index contributed by atoms with van der Waals surface area (Å²) in [6.07, 6.45) is 0. The number of amides is 1. The van der Waals surface area contributed by atoms with E-state index in [1.165, 1.54) is 0 Å². The lowest BCUT2D eigenvalue weighted by Crippen LogP contribution is -2.22. The molecule has 0 spiro atoms. The SMILES string of the molecule is N#Cc1ccc(C(=O)NCc2ccc(CO)cc2)cc1. The fourth-order valence-corrected chi connectivity index (χ4v) is 1.74. The maximum atomic E-state index is 11.9. The molecule has 0 aromatic heterocycles. The highest BCUT2D eigenvalue weighted by atomic mass is 16.3. The van der Waals surface area contributed by atoms with Crippen LogP contribution in [0.5, 0.6) is 0 Å². The fraction of sp³-hybridized carbons (Fsp3) is 0.125. The maximum Gasteiger partial charge on any atom is 0.251 e. The molecule has 2 N–H and O–H groups in total. The van der Waals surface area contributed by atoms with E-state index in [1.807, 2.05) is 30.3 Å². The van der Waals surface area contributed by atoms with Crippen molar-refractivity contribution in [2.45, 2.75) is 13.2 Å². The molecule has 0 aliphatic heterocycles. The van der Waals surface area contributed by atoms with Crippen LogP contribution >= 0.6 is 0 Å². The molecular weight excluding hydrogens is 252 g/mol. The molecule has 0 saturated carbocycles. The summed E-state index contributed by atoms with van der Waals surface area (Å²) in [5, 5.41) is 20.4. The Morgan fingerprint density at radius 1 is 1.05 bits per heavy atom. The molecule has 100 valence electrons. The minimum absolute atomic E-state index is 0.0118. The van der Waals surface area contributed by atoms with E-state index < -0.39 is 0 Å². The summed E-state index contributed by atoms with van der Waals surface area (Å²) in [6, 6.07) is 15.9. The zero-order valence-electron chi connectivity index (χ0n) is 10.8. The van der Waals surface area contributed by atoms with Crippen molar-refractivity contribution in [2.24, 2.45) is 0 Å². The van der Waals surface area contributed by atoms with Crippen molar-refractivity contribution >= 4 is 5.91 Å². The van der Waals surface area contributed by atoms with Gasteiger partial charge in [0, 0.05) is 12.1 Å². The standard InChI is InChI=1S/C16H14N2O2/c17-9-12-5-7-15(8-6-12)16(20)18-10-13-1-3-14(11-19)4-2-13/h1-8,19H,10-11H2,(H,18,20). The number of hydrogen-bond donors (Lipinski definition) is 2. The quantitative estimate of drug-likeness (QED) is 0.888. The van der Waals surface area contributed by atoms with Gasteiger partial charge in [-0.3, -0.25) is 4.79 Å². The van der Waals surface area contributed by atoms with Crippen molar-refractivity contribution in [3.63, 3.8) is 0 Å². The van der Waals surface area contributed by atoms with Crippen LogP contribution in [0.4, 0.5) is 0 Å². The predicted molar refractivity (Wildman–Crippen MR) is 74.7 cm³/mol. The van der Waals surface area contributed by atoms with E-state index in [0.29, 0.717) is 17.7 Å². The Kier molecular flexibility index (Phi) is 4.48. The molecule has 0 radical (unpaired) electrons. The summed E-state index contributed by atoms with van der Waals surface area (Å²) in [5.41, 5.74) is 2.86. The van der Waals surface area contributed by atoms with Gasteiger partial charge in [-0.15, -0.1) is 0 Å². The van der Waals surface area contributed by atoms with Gasteiger partial charge in [0.2, 0.25) is 0 Å². The van der Waals surface area contributed by atoms with Gasteiger partial charge >= 0.3 is 0 Å². The lowest BCUT2D eigenvalue weighted by molar-refractivity contribution is 0.0951. The zero-order valence-corrected chi connectivity index (χ0v) is 10.8. The van der Waals surface area contributed by atoms with Crippen molar-refractivity contribution in [3.8, 4) is 6.07 Å².